The SMILES string of the molecule is CCCn1nnnc1CSc1nc(C)cc(N)n1. The van der Waals surface area contributed by atoms with Gasteiger partial charge in [0.05, 0.1) is 5.75 Å². The van der Waals surface area contributed by atoms with Gasteiger partial charge in [0.25, 0.3) is 0 Å². The third kappa shape index (κ3) is 3.16. The lowest BCUT2D eigenvalue weighted by atomic mass is 10.4. The van der Waals surface area contributed by atoms with Crippen molar-refractivity contribution in [3.8, 4) is 0 Å². The Balaban J connectivity index is 2.04. The van der Waals surface area contributed by atoms with Crippen molar-refractivity contribution >= 4 is 17.6 Å². The van der Waals surface area contributed by atoms with Gasteiger partial charge < -0.3 is 5.73 Å². The zero-order chi connectivity index (χ0) is 13.0. The predicted octanol–water partition coefficient (Wildman–Crippen LogP) is 1.06. The monoisotopic (exact) mass is 265 g/mol. The molecule has 0 aliphatic rings. The summed E-state index contributed by atoms with van der Waals surface area (Å²) in [4.78, 5) is 8.46. The zero-order valence-corrected chi connectivity index (χ0v) is 11.2. The van der Waals surface area contributed by atoms with Crippen molar-refractivity contribution in [1.29, 1.82) is 0 Å². The molecule has 2 aromatic heterocycles. The number of nitrogens with two attached hydrogens (primary N) is 1. The van der Waals surface area contributed by atoms with Gasteiger partial charge in [0.1, 0.15) is 5.82 Å². The van der Waals surface area contributed by atoms with Crippen LogP contribution in [-0.2, 0) is 12.3 Å². The maximum absolute atomic E-state index is 5.68. The molecule has 0 atom stereocenters. The van der Waals surface area contributed by atoms with E-state index in [-0.39, 0.29) is 0 Å². The molecule has 0 aliphatic carbocycles. The first kappa shape index (κ1) is 12.7. The second kappa shape index (κ2) is 5.76. The molecule has 2 aromatic rings. The number of tetrazole rings is 1. The van der Waals surface area contributed by atoms with Crippen molar-refractivity contribution in [3.63, 3.8) is 0 Å². The molecule has 0 saturated carbocycles. The minimum atomic E-state index is 0.484. The van der Waals surface area contributed by atoms with Gasteiger partial charge in [-0.05, 0) is 23.8 Å². The molecule has 7 nitrogen and oxygen atoms in total. The Labute approximate surface area is 109 Å². The normalized spacial score (nSPS) is 10.8. The van der Waals surface area contributed by atoms with E-state index in [4.69, 9.17) is 5.73 Å². The highest BCUT2D eigenvalue weighted by Crippen LogP contribution is 2.19. The zero-order valence-electron chi connectivity index (χ0n) is 10.4. The molecule has 0 amide bonds. The molecule has 2 heterocycles. The van der Waals surface area contributed by atoms with Crippen molar-refractivity contribution < 1.29 is 0 Å². The van der Waals surface area contributed by atoms with E-state index >= 15 is 0 Å². The minimum Gasteiger partial charge on any atom is -0.384 e. The number of aromatic nitrogens is 6. The topological polar surface area (TPSA) is 95.4 Å². The highest BCUT2D eigenvalue weighted by Gasteiger charge is 2.08. The molecule has 2 N–H and O–H groups in total. The third-order valence-electron chi connectivity index (χ3n) is 2.23. The smallest absolute Gasteiger partial charge is 0.190 e. The van der Waals surface area contributed by atoms with Crippen LogP contribution in [0.3, 0.4) is 0 Å². The summed E-state index contributed by atoms with van der Waals surface area (Å²) < 4.78 is 1.80. The summed E-state index contributed by atoms with van der Waals surface area (Å²) in [5.41, 5.74) is 6.54. The lowest BCUT2D eigenvalue weighted by molar-refractivity contribution is 0.564. The van der Waals surface area contributed by atoms with Gasteiger partial charge in [0, 0.05) is 18.3 Å². The highest BCUT2D eigenvalue weighted by atomic mass is 32.2. The quantitative estimate of drug-likeness (QED) is 0.637. The summed E-state index contributed by atoms with van der Waals surface area (Å²) in [5, 5.41) is 12.2. The average Bonchev–Trinajstić information content (AvgIpc) is 2.73. The maximum atomic E-state index is 5.68. The molecule has 96 valence electrons. The van der Waals surface area contributed by atoms with Crippen LogP contribution >= 0.6 is 11.8 Å². The predicted molar refractivity (Wildman–Crippen MR) is 68.9 cm³/mol. The lowest BCUT2D eigenvalue weighted by Crippen LogP contribution is -2.04. The Kier molecular flexibility index (Phi) is 4.08. The van der Waals surface area contributed by atoms with Gasteiger partial charge in [-0.1, -0.05) is 18.7 Å². The molecular weight excluding hydrogens is 250 g/mol. The van der Waals surface area contributed by atoms with Crippen LogP contribution in [0.1, 0.15) is 24.9 Å². The Morgan fingerprint density at radius 3 is 2.94 bits per heavy atom. The summed E-state index contributed by atoms with van der Waals surface area (Å²) in [6.45, 7) is 4.80. The van der Waals surface area contributed by atoms with E-state index in [1.807, 2.05) is 6.92 Å². The van der Waals surface area contributed by atoms with E-state index in [1.54, 1.807) is 10.7 Å². The van der Waals surface area contributed by atoms with Crippen LogP contribution in [0.15, 0.2) is 11.2 Å². The van der Waals surface area contributed by atoms with Gasteiger partial charge in [-0.25, -0.2) is 14.6 Å². The van der Waals surface area contributed by atoms with Crippen LogP contribution in [0.2, 0.25) is 0 Å². The van der Waals surface area contributed by atoms with Gasteiger partial charge in [-0.3, -0.25) is 0 Å². The number of hydrogen-bond acceptors (Lipinski definition) is 7. The summed E-state index contributed by atoms with van der Waals surface area (Å²) in [5.74, 6) is 1.94. The highest BCUT2D eigenvalue weighted by molar-refractivity contribution is 7.98. The molecule has 0 saturated heterocycles. The van der Waals surface area contributed by atoms with Crippen LogP contribution in [0.25, 0.3) is 0 Å². The second-order valence-electron chi connectivity index (χ2n) is 3.82. The number of aryl methyl sites for hydroxylation is 2. The lowest BCUT2D eigenvalue weighted by Gasteiger charge is -2.03. The number of thioether (sulfide) groups is 1. The fourth-order valence-corrected chi connectivity index (χ4v) is 2.31. The van der Waals surface area contributed by atoms with Gasteiger partial charge in [0.2, 0.25) is 0 Å². The fraction of sp³-hybridized carbons (Fsp3) is 0.500. The second-order valence-corrected chi connectivity index (χ2v) is 4.77. The summed E-state index contributed by atoms with van der Waals surface area (Å²) >= 11 is 1.48. The van der Waals surface area contributed by atoms with Crippen LogP contribution in [-0.4, -0.2) is 30.2 Å². The third-order valence-corrected chi connectivity index (χ3v) is 3.07. The van der Waals surface area contributed by atoms with E-state index in [0.29, 0.717) is 16.7 Å². The first-order valence-electron chi connectivity index (χ1n) is 5.68. The maximum Gasteiger partial charge on any atom is 0.190 e. The van der Waals surface area contributed by atoms with Crippen molar-refractivity contribution in [2.45, 2.75) is 37.7 Å². The molecule has 0 bridgehead atoms. The van der Waals surface area contributed by atoms with Gasteiger partial charge in [-0.15, -0.1) is 5.10 Å². The van der Waals surface area contributed by atoms with Crippen molar-refractivity contribution in [3.05, 3.63) is 17.6 Å². The summed E-state index contributed by atoms with van der Waals surface area (Å²) in [6.07, 6.45) is 0.997. The van der Waals surface area contributed by atoms with Crippen LogP contribution < -0.4 is 5.73 Å². The van der Waals surface area contributed by atoms with Crippen LogP contribution in [0.4, 0.5) is 5.82 Å². The average molecular weight is 265 g/mol. The Morgan fingerprint density at radius 1 is 1.39 bits per heavy atom. The van der Waals surface area contributed by atoms with Gasteiger partial charge >= 0.3 is 0 Å². The van der Waals surface area contributed by atoms with E-state index in [0.717, 1.165) is 24.5 Å². The Morgan fingerprint density at radius 2 is 2.22 bits per heavy atom. The molecule has 0 spiro atoms. The first-order valence-corrected chi connectivity index (χ1v) is 6.66. The standard InChI is InChI=1S/C10H15N7S/c1-3-4-17-9(14-15-16-17)6-18-10-12-7(2)5-8(11)13-10/h5H,3-4,6H2,1-2H3,(H2,11,12,13). The number of rotatable bonds is 5. The van der Waals surface area contributed by atoms with Crippen molar-refractivity contribution in [2.75, 3.05) is 5.73 Å². The molecule has 0 fully saturated rings. The Hall–Kier alpha value is -1.70. The fourth-order valence-electron chi connectivity index (χ4n) is 1.47. The molecule has 0 aliphatic heterocycles. The molecular formula is C10H15N7S. The van der Waals surface area contributed by atoms with E-state index in [9.17, 15) is 0 Å². The van der Waals surface area contributed by atoms with E-state index in [1.165, 1.54) is 11.8 Å². The molecule has 18 heavy (non-hydrogen) atoms. The number of nitrogen functional groups attached to an aromatic ring is 1. The van der Waals surface area contributed by atoms with E-state index < -0.39 is 0 Å². The summed E-state index contributed by atoms with van der Waals surface area (Å²) in [6, 6.07) is 1.74. The minimum absolute atomic E-state index is 0.484. The first-order chi connectivity index (χ1) is 8.69. The number of hydrogen-bond donors (Lipinski definition) is 1. The molecule has 0 radical (unpaired) electrons. The molecule has 0 unspecified atom stereocenters. The van der Waals surface area contributed by atoms with Crippen molar-refractivity contribution in [2.24, 2.45) is 0 Å². The molecule has 0 aromatic carbocycles. The van der Waals surface area contributed by atoms with Crippen LogP contribution in [0.5, 0.6) is 0 Å². The van der Waals surface area contributed by atoms with Crippen molar-refractivity contribution in [1.82, 2.24) is 30.2 Å². The number of anilines is 1. The van der Waals surface area contributed by atoms with Gasteiger partial charge in [-0.2, -0.15) is 0 Å². The largest absolute Gasteiger partial charge is 0.384 e. The van der Waals surface area contributed by atoms with Gasteiger partial charge in [0.15, 0.2) is 11.0 Å². The summed E-state index contributed by atoms with van der Waals surface area (Å²) in [7, 11) is 0. The molecule has 2 rings (SSSR count). The van der Waals surface area contributed by atoms with E-state index in [2.05, 4.69) is 32.4 Å². The number of nitrogens with zero attached hydrogens (tertiary/aromatic N) is 6. The van der Waals surface area contributed by atoms with Crippen LogP contribution in [0, 0.1) is 6.92 Å². The molecule has 8 heteroatoms. The Bertz CT molecular complexity index is 504.